The van der Waals surface area contributed by atoms with Crippen LogP contribution in [-0.2, 0) is 4.74 Å². The van der Waals surface area contributed by atoms with E-state index in [1.165, 1.54) is 43.0 Å². The van der Waals surface area contributed by atoms with Crippen molar-refractivity contribution in [2.24, 2.45) is 5.41 Å². The Morgan fingerprint density at radius 3 is 2.71 bits per heavy atom. The van der Waals surface area contributed by atoms with Gasteiger partial charge in [0.15, 0.2) is 0 Å². The number of carbonyl (C=O) groups excluding carboxylic acids is 1. The molecule has 0 N–H and O–H groups in total. The van der Waals surface area contributed by atoms with Crippen LogP contribution in [0.1, 0.15) is 44.9 Å². The number of hydrogen-bond acceptors (Lipinski definition) is 3. The molecule has 2 aliphatic carbocycles. The summed E-state index contributed by atoms with van der Waals surface area (Å²) in [6.07, 6.45) is 13.4. The third-order valence-electron chi connectivity index (χ3n) is 4.22. The van der Waals surface area contributed by atoms with E-state index in [9.17, 15) is 4.79 Å². The molecule has 17 heavy (non-hydrogen) atoms. The van der Waals surface area contributed by atoms with E-state index >= 15 is 0 Å². The van der Waals surface area contributed by atoms with Gasteiger partial charge in [0.25, 0.3) is 0 Å². The minimum Gasteiger partial charge on any atom is -0.446 e. The summed E-state index contributed by atoms with van der Waals surface area (Å²) in [7, 11) is 0. The van der Waals surface area contributed by atoms with Crippen molar-refractivity contribution in [1.29, 1.82) is 0 Å². The topological polar surface area (TPSA) is 44.1 Å². The molecule has 0 radical (unpaired) electrons. The molecule has 0 aliphatic heterocycles. The highest BCUT2D eigenvalue weighted by molar-refractivity contribution is 5.70. The van der Waals surface area contributed by atoms with Crippen LogP contribution in [0.25, 0.3) is 0 Å². The summed E-state index contributed by atoms with van der Waals surface area (Å²) >= 11 is 0. The van der Waals surface area contributed by atoms with Gasteiger partial charge in [-0.2, -0.15) is 0 Å². The van der Waals surface area contributed by atoms with Gasteiger partial charge < -0.3 is 4.74 Å². The predicted octanol–water partition coefficient (Wildman–Crippen LogP) is 2.98. The fourth-order valence-corrected chi connectivity index (χ4v) is 3.27. The first-order valence-electron chi connectivity index (χ1n) is 6.46. The van der Waals surface area contributed by atoms with Crippen molar-refractivity contribution in [2.75, 3.05) is 0 Å². The van der Waals surface area contributed by atoms with E-state index in [1.54, 1.807) is 12.4 Å². The lowest BCUT2D eigenvalue weighted by Gasteiger charge is -2.49. The molecule has 0 bridgehead atoms. The van der Waals surface area contributed by atoms with Crippen molar-refractivity contribution in [3.05, 3.63) is 18.7 Å². The lowest BCUT2D eigenvalue weighted by atomic mass is 9.59. The minimum atomic E-state index is -0.293. The van der Waals surface area contributed by atoms with Gasteiger partial charge in [-0.3, -0.25) is 0 Å². The smallest absolute Gasteiger partial charge is 0.419 e. The average Bonchev–Trinajstić information content (AvgIpc) is 2.81. The van der Waals surface area contributed by atoms with E-state index in [-0.39, 0.29) is 12.2 Å². The number of hydrogen-bond donors (Lipinski definition) is 0. The molecule has 1 spiro atoms. The Balaban J connectivity index is 1.51. The van der Waals surface area contributed by atoms with Crippen molar-refractivity contribution >= 4 is 6.09 Å². The summed E-state index contributed by atoms with van der Waals surface area (Å²) in [6.45, 7) is 0. The first-order valence-corrected chi connectivity index (χ1v) is 6.46. The van der Waals surface area contributed by atoms with E-state index in [0.29, 0.717) is 5.41 Å². The molecule has 4 nitrogen and oxygen atoms in total. The number of ether oxygens (including phenoxy) is 1. The van der Waals surface area contributed by atoms with Gasteiger partial charge in [-0.05, 0) is 31.1 Å². The van der Waals surface area contributed by atoms with Crippen LogP contribution in [0.2, 0.25) is 0 Å². The van der Waals surface area contributed by atoms with Crippen LogP contribution in [0.5, 0.6) is 0 Å². The Kier molecular flexibility index (Phi) is 2.65. The summed E-state index contributed by atoms with van der Waals surface area (Å²) in [4.78, 5) is 15.5. The standard InChI is InChI=1S/C13H18N2O2/c16-12(15-7-6-14-10-15)17-11-8-13(9-11)4-2-1-3-5-13/h6-7,10-11H,1-5,8-9H2. The molecule has 0 atom stereocenters. The molecule has 2 fully saturated rings. The quantitative estimate of drug-likeness (QED) is 0.750. The summed E-state index contributed by atoms with van der Waals surface area (Å²) < 4.78 is 6.84. The van der Waals surface area contributed by atoms with Gasteiger partial charge in [0.1, 0.15) is 12.4 Å². The molecule has 0 unspecified atom stereocenters. The molecule has 2 aliphatic rings. The van der Waals surface area contributed by atoms with E-state index in [2.05, 4.69) is 4.98 Å². The fourth-order valence-electron chi connectivity index (χ4n) is 3.27. The van der Waals surface area contributed by atoms with Gasteiger partial charge in [-0.25, -0.2) is 14.3 Å². The second kappa shape index (κ2) is 4.17. The van der Waals surface area contributed by atoms with Crippen LogP contribution in [0.3, 0.4) is 0 Å². The number of aromatic nitrogens is 2. The van der Waals surface area contributed by atoms with Gasteiger partial charge in [0.05, 0.1) is 0 Å². The molecular weight excluding hydrogens is 216 g/mol. The Labute approximate surface area is 101 Å². The molecule has 92 valence electrons. The van der Waals surface area contributed by atoms with Crippen molar-refractivity contribution < 1.29 is 9.53 Å². The van der Waals surface area contributed by atoms with E-state index < -0.39 is 0 Å². The Morgan fingerprint density at radius 2 is 2.06 bits per heavy atom. The Morgan fingerprint density at radius 1 is 1.29 bits per heavy atom. The van der Waals surface area contributed by atoms with Crippen molar-refractivity contribution in [2.45, 2.75) is 51.0 Å². The van der Waals surface area contributed by atoms with Crippen LogP contribution in [0, 0.1) is 5.41 Å². The molecule has 0 amide bonds. The van der Waals surface area contributed by atoms with Gasteiger partial charge in [-0.15, -0.1) is 0 Å². The van der Waals surface area contributed by atoms with Gasteiger partial charge >= 0.3 is 6.09 Å². The lowest BCUT2D eigenvalue weighted by molar-refractivity contribution is -0.0609. The molecular formula is C13H18N2O2. The number of rotatable bonds is 1. The lowest BCUT2D eigenvalue weighted by Crippen LogP contribution is -2.44. The molecule has 4 heteroatoms. The molecule has 3 rings (SSSR count). The number of imidazole rings is 1. The maximum Gasteiger partial charge on any atom is 0.419 e. The highest BCUT2D eigenvalue weighted by Gasteiger charge is 2.46. The predicted molar refractivity (Wildman–Crippen MR) is 62.6 cm³/mol. The zero-order chi connectivity index (χ0) is 11.7. The fraction of sp³-hybridized carbons (Fsp3) is 0.692. The summed E-state index contributed by atoms with van der Waals surface area (Å²) in [6, 6.07) is 0. The third-order valence-corrected chi connectivity index (χ3v) is 4.22. The molecule has 0 aromatic carbocycles. The Hall–Kier alpha value is -1.32. The minimum absolute atomic E-state index is 0.128. The van der Waals surface area contributed by atoms with Crippen molar-refractivity contribution in [3.8, 4) is 0 Å². The Bertz CT molecular complexity index is 386. The van der Waals surface area contributed by atoms with Gasteiger partial charge in [0.2, 0.25) is 0 Å². The SMILES string of the molecule is O=C(OC1CC2(CCCCC2)C1)n1ccnc1. The maximum atomic E-state index is 11.7. The third kappa shape index (κ3) is 2.08. The zero-order valence-electron chi connectivity index (χ0n) is 9.97. The number of nitrogens with zero attached hydrogens (tertiary/aromatic N) is 2. The van der Waals surface area contributed by atoms with Crippen LogP contribution >= 0.6 is 0 Å². The van der Waals surface area contributed by atoms with Crippen LogP contribution in [0.4, 0.5) is 4.79 Å². The maximum absolute atomic E-state index is 11.7. The molecule has 2 saturated carbocycles. The van der Waals surface area contributed by atoms with E-state index in [0.717, 1.165) is 12.8 Å². The summed E-state index contributed by atoms with van der Waals surface area (Å²) in [5.41, 5.74) is 0.512. The van der Waals surface area contributed by atoms with Gasteiger partial charge in [-0.1, -0.05) is 19.3 Å². The summed E-state index contributed by atoms with van der Waals surface area (Å²) in [5, 5.41) is 0. The van der Waals surface area contributed by atoms with Crippen LogP contribution in [0.15, 0.2) is 18.7 Å². The average molecular weight is 234 g/mol. The highest BCUT2D eigenvalue weighted by Crippen LogP contribution is 2.52. The second-order valence-electron chi connectivity index (χ2n) is 5.44. The van der Waals surface area contributed by atoms with Crippen LogP contribution < -0.4 is 0 Å². The normalized spacial score (nSPS) is 23.3. The first kappa shape index (κ1) is 10.8. The first-order chi connectivity index (χ1) is 8.27. The van der Waals surface area contributed by atoms with Crippen molar-refractivity contribution in [1.82, 2.24) is 9.55 Å². The number of carbonyl (C=O) groups is 1. The van der Waals surface area contributed by atoms with Crippen LogP contribution in [-0.4, -0.2) is 21.7 Å². The monoisotopic (exact) mass is 234 g/mol. The summed E-state index contributed by atoms with van der Waals surface area (Å²) in [5.74, 6) is 0. The molecule has 0 saturated heterocycles. The zero-order valence-corrected chi connectivity index (χ0v) is 9.97. The van der Waals surface area contributed by atoms with Crippen molar-refractivity contribution in [3.63, 3.8) is 0 Å². The molecule has 1 heterocycles. The van der Waals surface area contributed by atoms with Gasteiger partial charge in [0, 0.05) is 12.4 Å². The largest absolute Gasteiger partial charge is 0.446 e. The van der Waals surface area contributed by atoms with E-state index in [1.807, 2.05) is 0 Å². The molecule has 1 aromatic heterocycles. The van der Waals surface area contributed by atoms with E-state index in [4.69, 9.17) is 4.74 Å². The molecule has 1 aromatic rings. The highest BCUT2D eigenvalue weighted by atomic mass is 16.6. The second-order valence-corrected chi connectivity index (χ2v) is 5.44.